The molecule has 2 aromatic carbocycles. The second-order valence-corrected chi connectivity index (χ2v) is 9.58. The summed E-state index contributed by atoms with van der Waals surface area (Å²) in [5.74, 6) is -0.0278. The molecule has 1 amide bonds. The van der Waals surface area contributed by atoms with Gasteiger partial charge < -0.3 is 10.4 Å². The third-order valence-electron chi connectivity index (χ3n) is 5.66. The molecule has 0 aliphatic heterocycles. The van der Waals surface area contributed by atoms with E-state index in [0.717, 1.165) is 10.9 Å². The molecule has 166 valence electrons. The number of nitrogens with zero attached hydrogens (tertiary/aromatic N) is 2. The highest BCUT2D eigenvalue weighted by atomic mass is 32.2. The maximum absolute atomic E-state index is 12.7. The Hall–Kier alpha value is -3.98. The van der Waals surface area contributed by atoms with Gasteiger partial charge in [-0.3, -0.25) is 9.52 Å². The van der Waals surface area contributed by atoms with E-state index in [1.54, 1.807) is 54.6 Å². The van der Waals surface area contributed by atoms with Crippen molar-refractivity contribution in [1.82, 2.24) is 9.97 Å². The van der Waals surface area contributed by atoms with E-state index in [9.17, 15) is 18.3 Å². The van der Waals surface area contributed by atoms with E-state index < -0.39 is 10.0 Å². The maximum Gasteiger partial charge on any atom is 0.263 e. The van der Waals surface area contributed by atoms with Crippen LogP contribution in [0.1, 0.15) is 17.9 Å². The summed E-state index contributed by atoms with van der Waals surface area (Å²) in [6.07, 6.45) is 3.72. The Morgan fingerprint density at radius 1 is 0.970 bits per heavy atom. The van der Waals surface area contributed by atoms with Crippen molar-refractivity contribution in [3.8, 4) is 5.88 Å². The van der Waals surface area contributed by atoms with Crippen molar-refractivity contribution < 1.29 is 18.3 Å². The molecule has 2 heterocycles. The van der Waals surface area contributed by atoms with E-state index >= 15 is 0 Å². The number of sulfonamides is 1. The van der Waals surface area contributed by atoms with Gasteiger partial charge in [0.1, 0.15) is 5.82 Å². The Morgan fingerprint density at radius 2 is 1.79 bits per heavy atom. The number of fused-ring (bicyclic) bond motifs is 1. The Morgan fingerprint density at radius 3 is 2.55 bits per heavy atom. The normalized spacial score (nSPS) is 17.5. The van der Waals surface area contributed by atoms with Gasteiger partial charge in [0.2, 0.25) is 11.8 Å². The first-order valence-electron chi connectivity index (χ1n) is 10.3. The van der Waals surface area contributed by atoms with Crippen LogP contribution in [0.5, 0.6) is 5.88 Å². The average molecular weight is 461 g/mol. The van der Waals surface area contributed by atoms with Crippen LogP contribution in [-0.4, -0.2) is 29.4 Å². The van der Waals surface area contributed by atoms with Gasteiger partial charge in [-0.05, 0) is 71.8 Å². The molecule has 0 saturated heterocycles. The quantitative estimate of drug-likeness (QED) is 0.402. The lowest BCUT2D eigenvalue weighted by atomic mass is 10.1. The molecule has 33 heavy (non-hydrogen) atoms. The first-order chi connectivity index (χ1) is 15.9. The summed E-state index contributed by atoms with van der Waals surface area (Å²) >= 11 is 0. The molecule has 1 saturated carbocycles. The van der Waals surface area contributed by atoms with E-state index in [2.05, 4.69) is 20.0 Å². The predicted molar refractivity (Wildman–Crippen MR) is 124 cm³/mol. The molecule has 2 aromatic heterocycles. The van der Waals surface area contributed by atoms with Gasteiger partial charge in [-0.25, -0.2) is 18.4 Å². The number of anilines is 2. The molecule has 1 fully saturated rings. The number of aromatic nitrogens is 2. The van der Waals surface area contributed by atoms with Crippen LogP contribution in [0.4, 0.5) is 11.5 Å². The molecule has 0 spiro atoms. The van der Waals surface area contributed by atoms with E-state index in [-0.39, 0.29) is 34.3 Å². The van der Waals surface area contributed by atoms with Crippen LogP contribution in [0.25, 0.3) is 10.8 Å². The molecule has 1 aliphatic rings. The van der Waals surface area contributed by atoms with Crippen molar-refractivity contribution in [3.63, 3.8) is 0 Å². The summed E-state index contributed by atoms with van der Waals surface area (Å²) in [5, 5.41) is 14.1. The largest absolute Gasteiger partial charge is 0.493 e. The Labute approximate surface area is 190 Å². The second kappa shape index (κ2) is 8.18. The number of rotatable bonds is 6. The number of nitrogens with one attached hydrogen (secondary N) is 2. The van der Waals surface area contributed by atoms with Gasteiger partial charge in [-0.1, -0.05) is 18.2 Å². The van der Waals surface area contributed by atoms with Crippen LogP contribution in [0.15, 0.2) is 84.0 Å². The van der Waals surface area contributed by atoms with E-state index in [0.29, 0.717) is 17.5 Å². The van der Waals surface area contributed by atoms with E-state index in [1.807, 2.05) is 0 Å². The highest BCUT2D eigenvalue weighted by Crippen LogP contribution is 2.48. The zero-order valence-electron chi connectivity index (χ0n) is 17.3. The maximum atomic E-state index is 12.7. The van der Waals surface area contributed by atoms with Gasteiger partial charge >= 0.3 is 0 Å². The van der Waals surface area contributed by atoms with Crippen molar-refractivity contribution in [1.29, 1.82) is 0 Å². The fraction of sp³-hybridized carbons (Fsp3) is 0.125. The number of hydrogen-bond donors (Lipinski definition) is 3. The van der Waals surface area contributed by atoms with Crippen LogP contribution in [-0.2, 0) is 14.8 Å². The number of carbonyl (C=O) groups is 1. The third-order valence-corrected chi connectivity index (χ3v) is 7.03. The monoisotopic (exact) mass is 460 g/mol. The van der Waals surface area contributed by atoms with Gasteiger partial charge in [-0.15, -0.1) is 0 Å². The minimum absolute atomic E-state index is 0.0409. The number of amides is 1. The zero-order chi connectivity index (χ0) is 23.0. The van der Waals surface area contributed by atoms with Crippen molar-refractivity contribution in [3.05, 3.63) is 84.7 Å². The minimum atomic E-state index is -3.74. The molecule has 3 N–H and O–H groups in total. The van der Waals surface area contributed by atoms with Crippen LogP contribution < -0.4 is 10.0 Å². The Balaban J connectivity index is 1.24. The summed E-state index contributed by atoms with van der Waals surface area (Å²) in [5.41, 5.74) is 1.56. The Kier molecular flexibility index (Phi) is 5.18. The van der Waals surface area contributed by atoms with Crippen molar-refractivity contribution in [2.45, 2.75) is 17.2 Å². The van der Waals surface area contributed by atoms with E-state index in [1.165, 1.54) is 24.5 Å². The summed E-state index contributed by atoms with van der Waals surface area (Å²) < 4.78 is 27.6. The smallest absolute Gasteiger partial charge is 0.263 e. The van der Waals surface area contributed by atoms with Gasteiger partial charge in [-0.2, -0.15) is 0 Å². The molecule has 0 radical (unpaired) electrons. The SMILES string of the molecule is O=C(Nc1ccc2c(O)nccc2c1)C1CC1c1ccc(S(=O)(=O)Nc2ccccn2)cc1. The highest BCUT2D eigenvalue weighted by molar-refractivity contribution is 7.92. The molecular formula is C24H20N4O4S. The molecule has 8 nitrogen and oxygen atoms in total. The lowest BCUT2D eigenvalue weighted by Gasteiger charge is -2.09. The lowest BCUT2D eigenvalue weighted by molar-refractivity contribution is -0.117. The van der Waals surface area contributed by atoms with Gasteiger partial charge in [0.15, 0.2) is 0 Å². The number of benzene rings is 2. The van der Waals surface area contributed by atoms with Crippen LogP contribution in [0.3, 0.4) is 0 Å². The van der Waals surface area contributed by atoms with Crippen LogP contribution >= 0.6 is 0 Å². The van der Waals surface area contributed by atoms with Gasteiger partial charge in [0.05, 0.1) is 4.90 Å². The topological polar surface area (TPSA) is 121 Å². The second-order valence-electron chi connectivity index (χ2n) is 7.90. The van der Waals surface area contributed by atoms with E-state index in [4.69, 9.17) is 0 Å². The number of hydrogen-bond acceptors (Lipinski definition) is 6. The standard InChI is InChI=1S/C24H20N4O4S/c29-23-19-9-6-17(13-16(19)10-12-26-23)27-24(30)21-14-20(21)15-4-7-18(8-5-15)33(31,32)28-22-3-1-2-11-25-22/h1-13,20-21H,14H2,(H,25,28)(H,26,29)(H,27,30). The molecule has 1 aliphatic carbocycles. The molecule has 9 heteroatoms. The first-order valence-corrected chi connectivity index (χ1v) is 11.8. The van der Waals surface area contributed by atoms with Crippen LogP contribution in [0, 0.1) is 5.92 Å². The lowest BCUT2D eigenvalue weighted by Crippen LogP contribution is -2.15. The Bertz CT molecular complexity index is 1440. The third kappa shape index (κ3) is 4.35. The first kappa shape index (κ1) is 20.9. The summed E-state index contributed by atoms with van der Waals surface area (Å²) in [6, 6.07) is 18.6. The van der Waals surface area contributed by atoms with Crippen molar-refractivity contribution in [2.75, 3.05) is 10.0 Å². The number of carbonyl (C=O) groups excluding carboxylic acids is 1. The average Bonchev–Trinajstić information content (AvgIpc) is 3.61. The van der Waals surface area contributed by atoms with Gasteiger partial charge in [0, 0.05) is 29.4 Å². The summed E-state index contributed by atoms with van der Waals surface area (Å²) in [7, 11) is -3.74. The summed E-state index contributed by atoms with van der Waals surface area (Å²) in [4.78, 5) is 20.7. The van der Waals surface area contributed by atoms with Crippen molar-refractivity contribution >= 4 is 38.2 Å². The molecular weight excluding hydrogens is 440 g/mol. The predicted octanol–water partition coefficient (Wildman–Crippen LogP) is 3.88. The number of pyridine rings is 2. The molecule has 0 bridgehead atoms. The van der Waals surface area contributed by atoms with Crippen LogP contribution in [0.2, 0.25) is 0 Å². The number of aromatic hydroxyl groups is 1. The zero-order valence-corrected chi connectivity index (χ0v) is 18.2. The molecule has 5 rings (SSSR count). The summed E-state index contributed by atoms with van der Waals surface area (Å²) in [6.45, 7) is 0. The minimum Gasteiger partial charge on any atom is -0.493 e. The molecule has 2 atom stereocenters. The fourth-order valence-electron chi connectivity index (χ4n) is 3.84. The fourth-order valence-corrected chi connectivity index (χ4v) is 4.85. The molecule has 2 unspecified atom stereocenters. The highest BCUT2D eigenvalue weighted by Gasteiger charge is 2.44. The van der Waals surface area contributed by atoms with Crippen molar-refractivity contribution in [2.24, 2.45) is 5.92 Å². The molecule has 4 aromatic rings. The van der Waals surface area contributed by atoms with Gasteiger partial charge in [0.25, 0.3) is 10.0 Å².